The first-order valence-corrected chi connectivity index (χ1v) is 6.63. The zero-order valence-electron chi connectivity index (χ0n) is 12.0. The summed E-state index contributed by atoms with van der Waals surface area (Å²) < 4.78 is 11.0. The number of hydrogen-bond acceptors (Lipinski definition) is 5. The van der Waals surface area contributed by atoms with Gasteiger partial charge in [-0.1, -0.05) is 26.0 Å². The predicted octanol–water partition coefficient (Wildman–Crippen LogP) is 3.37. The highest BCUT2D eigenvalue weighted by Gasteiger charge is 2.11. The van der Waals surface area contributed by atoms with E-state index in [4.69, 9.17) is 15.2 Å². The Morgan fingerprint density at radius 2 is 1.75 bits per heavy atom. The van der Waals surface area contributed by atoms with Crippen molar-refractivity contribution in [3.8, 4) is 17.5 Å². The second-order valence-electron chi connectivity index (χ2n) is 4.66. The molecule has 106 valence electrons. The minimum Gasteiger partial charge on any atom is -0.476 e. The van der Waals surface area contributed by atoms with Crippen molar-refractivity contribution in [1.82, 2.24) is 9.97 Å². The Hall–Kier alpha value is -2.30. The molecule has 0 aliphatic heterocycles. The molecule has 0 amide bonds. The van der Waals surface area contributed by atoms with E-state index in [0.29, 0.717) is 35.7 Å². The number of nitrogen functional groups attached to an aromatic ring is 1. The van der Waals surface area contributed by atoms with Crippen molar-refractivity contribution >= 4 is 5.69 Å². The van der Waals surface area contributed by atoms with Crippen molar-refractivity contribution in [3.05, 3.63) is 36.2 Å². The Labute approximate surface area is 118 Å². The molecule has 2 rings (SSSR count). The van der Waals surface area contributed by atoms with E-state index >= 15 is 0 Å². The number of anilines is 1. The summed E-state index contributed by atoms with van der Waals surface area (Å²) in [6, 6.07) is 7.86. The van der Waals surface area contributed by atoms with Crippen LogP contribution >= 0.6 is 0 Å². The first-order valence-electron chi connectivity index (χ1n) is 6.63. The fourth-order valence-corrected chi connectivity index (χ4v) is 1.73. The quantitative estimate of drug-likeness (QED) is 0.904. The van der Waals surface area contributed by atoms with Gasteiger partial charge in [-0.05, 0) is 30.5 Å². The van der Waals surface area contributed by atoms with Gasteiger partial charge in [0, 0.05) is 0 Å². The summed E-state index contributed by atoms with van der Waals surface area (Å²) in [4.78, 5) is 8.00. The van der Waals surface area contributed by atoms with Crippen LogP contribution in [0, 0.1) is 0 Å². The Morgan fingerprint density at radius 1 is 1.10 bits per heavy atom. The lowest BCUT2D eigenvalue weighted by atomic mass is 10.0. The summed E-state index contributed by atoms with van der Waals surface area (Å²) in [6.45, 7) is 6.65. The van der Waals surface area contributed by atoms with Crippen molar-refractivity contribution in [3.63, 3.8) is 0 Å². The first kappa shape index (κ1) is 14.1. The molecule has 0 saturated carbocycles. The molecule has 20 heavy (non-hydrogen) atoms. The van der Waals surface area contributed by atoms with Gasteiger partial charge in [0.05, 0.1) is 6.61 Å². The van der Waals surface area contributed by atoms with Crippen LogP contribution in [0.3, 0.4) is 0 Å². The summed E-state index contributed by atoms with van der Waals surface area (Å²) >= 11 is 0. The predicted molar refractivity (Wildman–Crippen MR) is 78.2 cm³/mol. The average molecular weight is 273 g/mol. The lowest BCUT2D eigenvalue weighted by Gasteiger charge is -2.11. The zero-order chi connectivity index (χ0) is 14.5. The number of benzene rings is 1. The van der Waals surface area contributed by atoms with Crippen molar-refractivity contribution in [1.29, 1.82) is 0 Å². The molecule has 0 saturated heterocycles. The third-order valence-electron chi connectivity index (χ3n) is 2.85. The van der Waals surface area contributed by atoms with Crippen LogP contribution in [0.2, 0.25) is 0 Å². The minimum atomic E-state index is 0.306. The number of rotatable bonds is 5. The number of aromatic nitrogens is 2. The molecule has 0 aliphatic rings. The molecule has 0 spiro atoms. The van der Waals surface area contributed by atoms with Crippen molar-refractivity contribution in [2.24, 2.45) is 0 Å². The van der Waals surface area contributed by atoms with Gasteiger partial charge in [0.1, 0.15) is 12.1 Å². The van der Waals surface area contributed by atoms with E-state index in [9.17, 15) is 0 Å². The summed E-state index contributed by atoms with van der Waals surface area (Å²) in [5.74, 6) is 1.82. The maximum atomic E-state index is 5.92. The lowest BCUT2D eigenvalue weighted by molar-refractivity contribution is 0.325. The average Bonchev–Trinajstić information content (AvgIpc) is 2.44. The van der Waals surface area contributed by atoms with E-state index in [1.165, 1.54) is 11.9 Å². The molecule has 5 heteroatoms. The van der Waals surface area contributed by atoms with E-state index in [2.05, 4.69) is 23.8 Å². The molecule has 1 aromatic heterocycles. The molecule has 1 aromatic carbocycles. The third-order valence-corrected chi connectivity index (χ3v) is 2.85. The van der Waals surface area contributed by atoms with Gasteiger partial charge >= 0.3 is 0 Å². The second-order valence-corrected chi connectivity index (χ2v) is 4.66. The summed E-state index contributed by atoms with van der Waals surface area (Å²) in [5.41, 5.74) is 7.48. The van der Waals surface area contributed by atoms with E-state index in [1.807, 2.05) is 31.2 Å². The highest BCUT2D eigenvalue weighted by molar-refractivity contribution is 5.56. The molecule has 0 aliphatic carbocycles. The van der Waals surface area contributed by atoms with Gasteiger partial charge in [-0.2, -0.15) is 9.97 Å². The van der Waals surface area contributed by atoms with E-state index < -0.39 is 0 Å². The van der Waals surface area contributed by atoms with Gasteiger partial charge in [0.25, 0.3) is 0 Å². The van der Waals surface area contributed by atoms with Gasteiger partial charge in [-0.15, -0.1) is 0 Å². The number of ether oxygens (including phenoxy) is 2. The highest BCUT2D eigenvalue weighted by atomic mass is 16.5. The SMILES string of the molecule is CCOc1ncnc(Oc2ccc(C(C)C)cc2)c1N. The van der Waals surface area contributed by atoms with Crippen LogP contribution in [0.4, 0.5) is 5.69 Å². The number of hydrogen-bond donors (Lipinski definition) is 1. The van der Waals surface area contributed by atoms with Gasteiger partial charge in [-0.3, -0.25) is 0 Å². The van der Waals surface area contributed by atoms with E-state index in [1.54, 1.807) is 0 Å². The molecule has 0 unspecified atom stereocenters. The Kier molecular flexibility index (Phi) is 4.40. The molecule has 2 aromatic rings. The van der Waals surface area contributed by atoms with Gasteiger partial charge < -0.3 is 15.2 Å². The molecule has 0 atom stereocenters. The standard InChI is InChI=1S/C15H19N3O2/c1-4-19-14-13(16)15(18-9-17-14)20-12-7-5-11(6-8-12)10(2)3/h5-10H,4,16H2,1-3H3. The fraction of sp³-hybridized carbons (Fsp3) is 0.333. The summed E-state index contributed by atoms with van der Waals surface area (Å²) in [5, 5.41) is 0. The number of nitrogens with two attached hydrogens (primary N) is 1. The molecular formula is C15H19N3O2. The smallest absolute Gasteiger partial charge is 0.249 e. The fourth-order valence-electron chi connectivity index (χ4n) is 1.73. The van der Waals surface area contributed by atoms with Crippen LogP contribution < -0.4 is 15.2 Å². The first-order chi connectivity index (χ1) is 9.61. The van der Waals surface area contributed by atoms with Crippen molar-refractivity contribution < 1.29 is 9.47 Å². The Morgan fingerprint density at radius 3 is 2.35 bits per heavy atom. The largest absolute Gasteiger partial charge is 0.476 e. The minimum absolute atomic E-state index is 0.306. The lowest BCUT2D eigenvalue weighted by Crippen LogP contribution is -2.03. The topological polar surface area (TPSA) is 70.3 Å². The maximum absolute atomic E-state index is 5.92. The van der Waals surface area contributed by atoms with E-state index in [-0.39, 0.29) is 0 Å². The van der Waals surface area contributed by atoms with Crippen LogP contribution in [0.25, 0.3) is 0 Å². The normalized spacial score (nSPS) is 10.6. The van der Waals surface area contributed by atoms with Crippen LogP contribution in [0.1, 0.15) is 32.3 Å². The van der Waals surface area contributed by atoms with Crippen LogP contribution in [-0.4, -0.2) is 16.6 Å². The molecule has 0 fully saturated rings. The summed E-state index contributed by atoms with van der Waals surface area (Å²) in [6.07, 6.45) is 1.37. The van der Waals surface area contributed by atoms with Crippen molar-refractivity contribution in [2.45, 2.75) is 26.7 Å². The van der Waals surface area contributed by atoms with Gasteiger partial charge in [0.15, 0.2) is 5.69 Å². The van der Waals surface area contributed by atoms with Crippen molar-refractivity contribution in [2.75, 3.05) is 12.3 Å². The summed E-state index contributed by atoms with van der Waals surface area (Å²) in [7, 11) is 0. The molecule has 5 nitrogen and oxygen atoms in total. The monoisotopic (exact) mass is 273 g/mol. The molecule has 0 bridgehead atoms. The molecule has 0 radical (unpaired) electrons. The highest BCUT2D eigenvalue weighted by Crippen LogP contribution is 2.31. The van der Waals surface area contributed by atoms with Gasteiger partial charge in [-0.25, -0.2) is 0 Å². The maximum Gasteiger partial charge on any atom is 0.249 e. The molecule has 1 heterocycles. The molecule has 2 N–H and O–H groups in total. The van der Waals surface area contributed by atoms with Crippen LogP contribution in [0.15, 0.2) is 30.6 Å². The third kappa shape index (κ3) is 3.17. The van der Waals surface area contributed by atoms with Crippen LogP contribution in [0.5, 0.6) is 17.5 Å². The zero-order valence-corrected chi connectivity index (χ0v) is 12.0. The Bertz CT molecular complexity index is 568. The van der Waals surface area contributed by atoms with E-state index in [0.717, 1.165) is 0 Å². The number of nitrogens with zero attached hydrogens (tertiary/aromatic N) is 2. The molecular weight excluding hydrogens is 254 g/mol. The Balaban J connectivity index is 2.19. The second kappa shape index (κ2) is 6.23. The van der Waals surface area contributed by atoms with Crippen LogP contribution in [-0.2, 0) is 0 Å². The van der Waals surface area contributed by atoms with Gasteiger partial charge in [0.2, 0.25) is 11.8 Å².